The summed E-state index contributed by atoms with van der Waals surface area (Å²) in [6.07, 6.45) is 1.82. The minimum absolute atomic E-state index is 0.212. The third-order valence-electron chi connectivity index (χ3n) is 1.51. The average molecular weight is 266 g/mol. The van der Waals surface area contributed by atoms with Crippen LogP contribution in [0.4, 0.5) is 4.39 Å². The smallest absolute Gasteiger partial charge is 0.138 e. The zero-order valence-corrected chi connectivity index (χ0v) is 9.41. The van der Waals surface area contributed by atoms with E-state index in [9.17, 15) is 4.39 Å². The first-order valence-corrected chi connectivity index (χ1v) is 5.54. The van der Waals surface area contributed by atoms with E-state index in [0.717, 1.165) is 4.47 Å². The molecule has 13 heavy (non-hydrogen) atoms. The van der Waals surface area contributed by atoms with Crippen molar-refractivity contribution in [3.63, 3.8) is 0 Å². The highest BCUT2D eigenvalue weighted by molar-refractivity contribution is 9.10. The summed E-state index contributed by atoms with van der Waals surface area (Å²) in [4.78, 5) is 5.02. The summed E-state index contributed by atoms with van der Waals surface area (Å²) in [6, 6.07) is 3.21. The summed E-state index contributed by atoms with van der Waals surface area (Å²) < 4.78 is 14.0. The fraction of sp³-hybridized carbons (Fsp3) is 0.250. The van der Waals surface area contributed by atoms with Gasteiger partial charge < -0.3 is 0 Å². The molecule has 0 radical (unpaired) electrons. The van der Waals surface area contributed by atoms with Crippen LogP contribution in [0, 0.1) is 5.82 Å². The predicted molar refractivity (Wildman–Crippen MR) is 54.9 cm³/mol. The minimum atomic E-state index is -0.256. The molecule has 0 aliphatic heterocycles. The van der Waals surface area contributed by atoms with Crippen molar-refractivity contribution >= 4 is 27.7 Å². The lowest BCUT2D eigenvalue weighted by Crippen LogP contribution is -1.99. The van der Waals surface area contributed by atoms with E-state index >= 15 is 0 Å². The Labute approximate surface area is 88.7 Å². The lowest BCUT2D eigenvalue weighted by Gasteiger charge is -2.05. The predicted octanol–water partition coefficient (Wildman–Crippen LogP) is 2.70. The molecule has 5 heteroatoms. The Kier molecular flexibility index (Phi) is 4.18. The van der Waals surface area contributed by atoms with Crippen LogP contribution < -0.4 is 5.90 Å². The van der Waals surface area contributed by atoms with Crippen molar-refractivity contribution in [2.24, 2.45) is 5.90 Å². The van der Waals surface area contributed by atoms with Gasteiger partial charge in [-0.25, -0.2) is 10.3 Å². The van der Waals surface area contributed by atoms with Crippen molar-refractivity contribution in [3.8, 4) is 0 Å². The van der Waals surface area contributed by atoms with E-state index in [2.05, 4.69) is 20.8 Å². The van der Waals surface area contributed by atoms with Gasteiger partial charge in [-0.15, -0.1) is 11.8 Å². The molecule has 0 aromatic heterocycles. The molecular weight excluding hydrogens is 257 g/mol. The van der Waals surface area contributed by atoms with Gasteiger partial charge in [0.1, 0.15) is 5.82 Å². The monoisotopic (exact) mass is 265 g/mol. The summed E-state index contributed by atoms with van der Waals surface area (Å²) in [5, 5.41) is 0. The normalized spacial score (nSPS) is 10.5. The van der Waals surface area contributed by atoms with Crippen LogP contribution in [0.25, 0.3) is 0 Å². The Hall–Kier alpha value is -0.100. The van der Waals surface area contributed by atoms with E-state index in [1.807, 2.05) is 6.26 Å². The molecule has 0 amide bonds. The van der Waals surface area contributed by atoms with Gasteiger partial charge in [-0.2, -0.15) is 0 Å². The van der Waals surface area contributed by atoms with Gasteiger partial charge in [-0.3, -0.25) is 4.84 Å². The van der Waals surface area contributed by atoms with Crippen molar-refractivity contribution in [3.05, 3.63) is 28.0 Å². The van der Waals surface area contributed by atoms with Crippen molar-refractivity contribution in [1.82, 2.24) is 0 Å². The summed E-state index contributed by atoms with van der Waals surface area (Å²) >= 11 is 4.63. The van der Waals surface area contributed by atoms with Gasteiger partial charge in [0.05, 0.1) is 11.5 Å². The summed E-state index contributed by atoms with van der Waals surface area (Å²) in [7, 11) is 0. The van der Waals surface area contributed by atoms with E-state index in [1.54, 1.807) is 6.07 Å². The van der Waals surface area contributed by atoms with Crippen LogP contribution in [0.5, 0.6) is 0 Å². The van der Waals surface area contributed by atoms with Crippen LogP contribution in [0.2, 0.25) is 0 Å². The SMILES string of the molecule is CSc1c(F)cc(CON)cc1Br. The number of thioether (sulfide) groups is 1. The molecule has 0 aliphatic rings. The third-order valence-corrected chi connectivity index (χ3v) is 3.22. The molecule has 2 nitrogen and oxygen atoms in total. The van der Waals surface area contributed by atoms with Gasteiger partial charge in [0.2, 0.25) is 0 Å². The maximum absolute atomic E-state index is 13.3. The standard InChI is InChI=1S/C8H9BrFNOS/c1-13-8-6(9)2-5(4-12-11)3-7(8)10/h2-3H,4,11H2,1H3. The Morgan fingerprint density at radius 1 is 1.62 bits per heavy atom. The molecule has 0 saturated carbocycles. The lowest BCUT2D eigenvalue weighted by molar-refractivity contribution is 0.124. The van der Waals surface area contributed by atoms with Crippen LogP contribution in [0.3, 0.4) is 0 Å². The van der Waals surface area contributed by atoms with Crippen molar-refractivity contribution < 1.29 is 9.23 Å². The summed E-state index contributed by atoms with van der Waals surface area (Å²) in [6.45, 7) is 0.212. The van der Waals surface area contributed by atoms with Crippen LogP contribution in [-0.4, -0.2) is 6.26 Å². The fourth-order valence-corrected chi connectivity index (χ4v) is 2.46. The molecule has 0 fully saturated rings. The Morgan fingerprint density at radius 3 is 2.77 bits per heavy atom. The van der Waals surface area contributed by atoms with Crippen molar-refractivity contribution in [2.45, 2.75) is 11.5 Å². The summed E-state index contributed by atoms with van der Waals surface area (Å²) in [5.41, 5.74) is 0.713. The molecule has 0 unspecified atom stereocenters. The van der Waals surface area contributed by atoms with Gasteiger partial charge in [-0.1, -0.05) is 0 Å². The Morgan fingerprint density at radius 2 is 2.31 bits per heavy atom. The number of hydrogen-bond donors (Lipinski definition) is 1. The number of rotatable bonds is 3. The molecule has 0 spiro atoms. The second-order valence-corrected chi connectivity index (χ2v) is 4.07. The second-order valence-electron chi connectivity index (χ2n) is 2.40. The maximum Gasteiger partial charge on any atom is 0.138 e. The Balaban J connectivity index is 3.05. The van der Waals surface area contributed by atoms with Crippen molar-refractivity contribution in [1.29, 1.82) is 0 Å². The van der Waals surface area contributed by atoms with Gasteiger partial charge >= 0.3 is 0 Å². The van der Waals surface area contributed by atoms with E-state index in [4.69, 9.17) is 5.90 Å². The molecule has 1 aromatic rings. The van der Waals surface area contributed by atoms with Gasteiger partial charge in [0.15, 0.2) is 0 Å². The van der Waals surface area contributed by atoms with Crippen LogP contribution in [-0.2, 0) is 11.4 Å². The summed E-state index contributed by atoms with van der Waals surface area (Å²) in [5.74, 6) is 4.63. The quantitative estimate of drug-likeness (QED) is 0.674. The van der Waals surface area contributed by atoms with E-state index in [-0.39, 0.29) is 12.4 Å². The van der Waals surface area contributed by atoms with E-state index in [1.165, 1.54) is 17.8 Å². The maximum atomic E-state index is 13.3. The topological polar surface area (TPSA) is 35.2 Å². The highest BCUT2D eigenvalue weighted by atomic mass is 79.9. The van der Waals surface area contributed by atoms with Crippen LogP contribution in [0.15, 0.2) is 21.5 Å². The molecule has 0 aliphatic carbocycles. The number of benzene rings is 1. The first-order chi connectivity index (χ1) is 6.19. The molecule has 0 atom stereocenters. The molecular formula is C8H9BrFNOS. The molecule has 1 rings (SSSR count). The fourth-order valence-electron chi connectivity index (χ4n) is 0.987. The molecule has 1 aromatic carbocycles. The highest BCUT2D eigenvalue weighted by Gasteiger charge is 2.07. The second kappa shape index (κ2) is 4.95. The third kappa shape index (κ3) is 2.67. The molecule has 2 N–H and O–H groups in total. The van der Waals surface area contributed by atoms with Gasteiger partial charge in [0, 0.05) is 4.47 Å². The first kappa shape index (κ1) is 11.0. The minimum Gasteiger partial charge on any atom is -0.300 e. The molecule has 72 valence electrons. The van der Waals surface area contributed by atoms with E-state index < -0.39 is 0 Å². The number of nitrogens with two attached hydrogens (primary N) is 1. The van der Waals surface area contributed by atoms with Crippen LogP contribution >= 0.6 is 27.7 Å². The average Bonchev–Trinajstić information content (AvgIpc) is 2.04. The Bertz CT molecular complexity index is 285. The first-order valence-electron chi connectivity index (χ1n) is 3.52. The lowest BCUT2D eigenvalue weighted by atomic mass is 10.2. The highest BCUT2D eigenvalue weighted by Crippen LogP contribution is 2.29. The molecule has 0 heterocycles. The van der Waals surface area contributed by atoms with Crippen molar-refractivity contribution in [2.75, 3.05) is 6.26 Å². The number of halogens is 2. The van der Waals surface area contributed by atoms with E-state index in [0.29, 0.717) is 10.5 Å². The van der Waals surface area contributed by atoms with Gasteiger partial charge in [-0.05, 0) is 39.9 Å². The number of hydrogen-bond acceptors (Lipinski definition) is 3. The molecule has 0 saturated heterocycles. The zero-order chi connectivity index (χ0) is 9.84. The largest absolute Gasteiger partial charge is 0.300 e. The van der Waals surface area contributed by atoms with Crippen LogP contribution in [0.1, 0.15) is 5.56 Å². The zero-order valence-electron chi connectivity index (χ0n) is 7.01. The molecule has 0 bridgehead atoms. The van der Waals surface area contributed by atoms with Gasteiger partial charge in [0.25, 0.3) is 0 Å².